The van der Waals surface area contributed by atoms with Gasteiger partial charge in [0, 0.05) is 11.3 Å². The van der Waals surface area contributed by atoms with E-state index >= 15 is 0 Å². The molecule has 2 amide bonds. The highest BCUT2D eigenvalue weighted by atomic mass is 32.2. The van der Waals surface area contributed by atoms with Crippen LogP contribution in [0.4, 0.5) is 0 Å². The number of thioether (sulfide) groups is 1. The number of benzene rings is 1. The van der Waals surface area contributed by atoms with E-state index in [0.717, 1.165) is 5.75 Å². The van der Waals surface area contributed by atoms with E-state index in [-0.39, 0.29) is 11.8 Å². The Kier molecular flexibility index (Phi) is 4.86. The third kappa shape index (κ3) is 3.76. The van der Waals surface area contributed by atoms with Gasteiger partial charge in [-0.05, 0) is 31.2 Å². The van der Waals surface area contributed by atoms with Gasteiger partial charge in [0.05, 0.1) is 6.07 Å². The second-order valence-corrected chi connectivity index (χ2v) is 6.15. The second kappa shape index (κ2) is 6.64. The number of nitrogens with zero attached hydrogens (tertiary/aromatic N) is 1. The molecule has 0 aliphatic carbocycles. The fraction of sp³-hybridized carbons (Fsp3) is 0.400. The molecular formula is C15H17N3O2S. The van der Waals surface area contributed by atoms with Gasteiger partial charge >= 0.3 is 0 Å². The van der Waals surface area contributed by atoms with Crippen molar-refractivity contribution >= 4 is 23.6 Å². The van der Waals surface area contributed by atoms with E-state index in [1.165, 1.54) is 0 Å². The summed E-state index contributed by atoms with van der Waals surface area (Å²) in [6, 6.07) is 10.2. The first-order valence-corrected chi connectivity index (χ1v) is 7.89. The maximum atomic E-state index is 12.1. The molecule has 1 fully saturated rings. The molecule has 110 valence electrons. The van der Waals surface area contributed by atoms with Gasteiger partial charge in [-0.3, -0.25) is 9.59 Å². The van der Waals surface area contributed by atoms with E-state index in [2.05, 4.69) is 16.7 Å². The predicted octanol–water partition coefficient (Wildman–Crippen LogP) is 1.32. The van der Waals surface area contributed by atoms with Gasteiger partial charge < -0.3 is 10.6 Å². The minimum atomic E-state index is -0.798. The fourth-order valence-electron chi connectivity index (χ4n) is 2.06. The molecule has 2 N–H and O–H groups in total. The average Bonchev–Trinajstić information content (AvgIpc) is 2.97. The van der Waals surface area contributed by atoms with Crippen LogP contribution in [0.1, 0.15) is 23.7 Å². The second-order valence-electron chi connectivity index (χ2n) is 5.05. The molecule has 5 nitrogen and oxygen atoms in total. The topological polar surface area (TPSA) is 82.0 Å². The van der Waals surface area contributed by atoms with Crippen molar-refractivity contribution in [1.29, 1.82) is 5.26 Å². The summed E-state index contributed by atoms with van der Waals surface area (Å²) in [6.45, 7) is 1.61. The van der Waals surface area contributed by atoms with Crippen molar-refractivity contribution < 1.29 is 9.59 Å². The summed E-state index contributed by atoms with van der Waals surface area (Å²) in [6.07, 6.45) is 0.638. The minimum absolute atomic E-state index is 0.301. The van der Waals surface area contributed by atoms with E-state index in [9.17, 15) is 14.9 Å². The number of carbonyl (C=O) groups is 2. The van der Waals surface area contributed by atoms with Crippen LogP contribution in [-0.4, -0.2) is 34.9 Å². The highest BCUT2D eigenvalue weighted by Crippen LogP contribution is 2.27. The van der Waals surface area contributed by atoms with E-state index in [1.807, 2.05) is 6.07 Å². The van der Waals surface area contributed by atoms with E-state index < -0.39 is 11.6 Å². The van der Waals surface area contributed by atoms with Gasteiger partial charge in [0.25, 0.3) is 5.91 Å². The quantitative estimate of drug-likeness (QED) is 0.879. The van der Waals surface area contributed by atoms with Crippen LogP contribution in [-0.2, 0) is 4.79 Å². The third-order valence-electron chi connectivity index (χ3n) is 3.37. The summed E-state index contributed by atoms with van der Waals surface area (Å²) in [5.74, 6) is 0.820. The van der Waals surface area contributed by atoms with Crippen LogP contribution < -0.4 is 10.6 Å². The Hall–Kier alpha value is -2.00. The van der Waals surface area contributed by atoms with Crippen molar-refractivity contribution in [2.45, 2.75) is 24.9 Å². The first kappa shape index (κ1) is 15.4. The van der Waals surface area contributed by atoms with Crippen LogP contribution in [0.15, 0.2) is 30.3 Å². The number of rotatable bonds is 4. The zero-order valence-electron chi connectivity index (χ0n) is 11.8. The molecule has 1 saturated heterocycles. The lowest BCUT2D eigenvalue weighted by Gasteiger charge is -2.24. The zero-order chi connectivity index (χ0) is 15.3. The largest absolute Gasteiger partial charge is 0.341 e. The molecule has 1 aromatic rings. The first-order valence-electron chi connectivity index (χ1n) is 6.73. The Labute approximate surface area is 128 Å². The maximum absolute atomic E-state index is 12.1. The van der Waals surface area contributed by atoms with Crippen LogP contribution in [0.25, 0.3) is 0 Å². The van der Waals surface area contributed by atoms with Crippen LogP contribution in [0, 0.1) is 11.3 Å². The Bertz CT molecular complexity index is 562. The molecule has 1 aliphatic rings. The first-order chi connectivity index (χ1) is 10.1. The smallest absolute Gasteiger partial charge is 0.251 e. The zero-order valence-corrected chi connectivity index (χ0v) is 12.6. The molecule has 21 heavy (non-hydrogen) atoms. The summed E-state index contributed by atoms with van der Waals surface area (Å²) in [4.78, 5) is 24.1. The number of nitriles is 1. The molecule has 2 atom stereocenters. The SMILES string of the molecule is CC(NC(=O)c1ccccc1)C(=O)NC1(C#N)CCSC1. The molecule has 6 heteroatoms. The molecule has 0 saturated carbocycles. The van der Waals surface area contributed by atoms with E-state index in [0.29, 0.717) is 17.7 Å². The summed E-state index contributed by atoms with van der Waals surface area (Å²) in [5, 5.41) is 14.6. The fourth-order valence-corrected chi connectivity index (χ4v) is 3.33. The number of carbonyl (C=O) groups excluding carboxylic acids is 2. The van der Waals surface area contributed by atoms with E-state index in [1.54, 1.807) is 43.0 Å². The molecule has 0 radical (unpaired) electrons. The molecule has 1 heterocycles. The van der Waals surface area contributed by atoms with Gasteiger partial charge in [-0.2, -0.15) is 17.0 Å². The average molecular weight is 303 g/mol. The molecule has 1 aliphatic heterocycles. The molecule has 2 unspecified atom stereocenters. The van der Waals surface area contributed by atoms with Crippen LogP contribution >= 0.6 is 11.8 Å². The minimum Gasteiger partial charge on any atom is -0.341 e. The van der Waals surface area contributed by atoms with Gasteiger partial charge in [-0.15, -0.1) is 0 Å². The lowest BCUT2D eigenvalue weighted by molar-refractivity contribution is -0.123. The number of amides is 2. The monoisotopic (exact) mass is 303 g/mol. The highest BCUT2D eigenvalue weighted by Gasteiger charge is 2.37. The van der Waals surface area contributed by atoms with Crippen molar-refractivity contribution in [3.8, 4) is 6.07 Å². The molecule has 0 bridgehead atoms. The van der Waals surface area contributed by atoms with Crippen molar-refractivity contribution in [1.82, 2.24) is 10.6 Å². The molecule has 2 rings (SSSR count). The summed E-state index contributed by atoms with van der Waals surface area (Å²) < 4.78 is 0. The van der Waals surface area contributed by atoms with Crippen molar-refractivity contribution in [3.05, 3.63) is 35.9 Å². The number of hydrogen-bond donors (Lipinski definition) is 2. The Morgan fingerprint density at radius 1 is 1.38 bits per heavy atom. The van der Waals surface area contributed by atoms with Gasteiger partial charge in [-0.25, -0.2) is 0 Å². The normalized spacial score (nSPS) is 22.1. The molecular weight excluding hydrogens is 286 g/mol. The third-order valence-corrected chi connectivity index (χ3v) is 4.56. The summed E-state index contributed by atoms with van der Waals surface area (Å²) in [5.41, 5.74) is -0.295. The van der Waals surface area contributed by atoms with Crippen LogP contribution in [0.5, 0.6) is 0 Å². The van der Waals surface area contributed by atoms with Gasteiger partial charge in [0.15, 0.2) is 0 Å². The number of hydrogen-bond acceptors (Lipinski definition) is 4. The molecule has 0 spiro atoms. The lowest BCUT2D eigenvalue weighted by atomic mass is 10.0. The van der Waals surface area contributed by atoms with Gasteiger partial charge in [0.2, 0.25) is 5.91 Å². The van der Waals surface area contributed by atoms with Crippen LogP contribution in [0.2, 0.25) is 0 Å². The molecule has 0 aromatic heterocycles. The van der Waals surface area contributed by atoms with Gasteiger partial charge in [0.1, 0.15) is 11.6 Å². The van der Waals surface area contributed by atoms with E-state index in [4.69, 9.17) is 0 Å². The predicted molar refractivity (Wildman–Crippen MR) is 81.8 cm³/mol. The van der Waals surface area contributed by atoms with Crippen molar-refractivity contribution in [2.75, 3.05) is 11.5 Å². The van der Waals surface area contributed by atoms with Crippen LogP contribution in [0.3, 0.4) is 0 Å². The number of nitrogens with one attached hydrogen (secondary N) is 2. The Morgan fingerprint density at radius 3 is 2.67 bits per heavy atom. The highest BCUT2D eigenvalue weighted by molar-refractivity contribution is 7.99. The van der Waals surface area contributed by atoms with Crippen molar-refractivity contribution in [2.24, 2.45) is 0 Å². The summed E-state index contributed by atoms with van der Waals surface area (Å²) in [7, 11) is 0. The Morgan fingerprint density at radius 2 is 2.10 bits per heavy atom. The summed E-state index contributed by atoms with van der Waals surface area (Å²) >= 11 is 1.65. The van der Waals surface area contributed by atoms with Gasteiger partial charge in [-0.1, -0.05) is 18.2 Å². The maximum Gasteiger partial charge on any atom is 0.251 e. The van der Waals surface area contributed by atoms with Crippen molar-refractivity contribution in [3.63, 3.8) is 0 Å². The standard InChI is InChI=1S/C15H17N3O2S/c1-11(17-14(20)12-5-3-2-4-6-12)13(19)18-15(9-16)7-8-21-10-15/h2-6,11H,7-8,10H2,1H3,(H,17,20)(H,18,19). The molecule has 1 aromatic carbocycles. The Balaban J connectivity index is 1.94. The lowest BCUT2D eigenvalue weighted by Crippen LogP contribution is -2.54.